The second-order valence-electron chi connectivity index (χ2n) is 8.29. The first kappa shape index (κ1) is 18.0. The molecule has 1 unspecified atom stereocenters. The van der Waals surface area contributed by atoms with Crippen molar-refractivity contribution in [2.45, 2.75) is 31.0 Å². The summed E-state index contributed by atoms with van der Waals surface area (Å²) in [6.45, 7) is 6.21. The molecule has 5 rings (SSSR count). The van der Waals surface area contributed by atoms with Gasteiger partial charge in [-0.2, -0.15) is 0 Å². The summed E-state index contributed by atoms with van der Waals surface area (Å²) in [5.41, 5.74) is 10.2. The maximum absolute atomic E-state index is 6.67. The van der Waals surface area contributed by atoms with E-state index in [-0.39, 0.29) is 6.10 Å². The SMILES string of the molecule is NC1CCN([C@@H]2Cc3ccccc3[C@H]2Oc2cccc(N3CCNCC3)c2)C1. The van der Waals surface area contributed by atoms with Crippen molar-refractivity contribution in [2.24, 2.45) is 5.73 Å². The molecule has 28 heavy (non-hydrogen) atoms. The molecule has 2 saturated heterocycles. The zero-order chi connectivity index (χ0) is 18.9. The summed E-state index contributed by atoms with van der Waals surface area (Å²) in [6.07, 6.45) is 2.20. The lowest BCUT2D eigenvalue weighted by Gasteiger charge is -2.31. The standard InChI is InChI=1S/C23H30N4O/c24-18-8-11-27(16-18)22-14-17-4-1-2-7-21(17)23(22)28-20-6-3-5-19(15-20)26-12-9-25-10-13-26/h1-7,15,18,22-23,25H,8-14,16,24H2/t18?,22-,23-/m1/s1. The molecule has 0 aromatic heterocycles. The van der Waals surface area contributed by atoms with E-state index in [1.165, 1.54) is 16.8 Å². The molecule has 5 nitrogen and oxygen atoms in total. The van der Waals surface area contributed by atoms with Crippen molar-refractivity contribution >= 4 is 5.69 Å². The molecule has 3 aliphatic rings. The first-order valence-corrected chi connectivity index (χ1v) is 10.6. The average molecular weight is 379 g/mol. The van der Waals surface area contributed by atoms with Gasteiger partial charge in [0.25, 0.3) is 0 Å². The van der Waals surface area contributed by atoms with Gasteiger partial charge < -0.3 is 20.7 Å². The molecule has 2 aromatic rings. The summed E-state index contributed by atoms with van der Waals surface area (Å²) in [7, 11) is 0. The van der Waals surface area contributed by atoms with E-state index in [2.05, 4.69) is 63.6 Å². The Balaban J connectivity index is 1.40. The van der Waals surface area contributed by atoms with Crippen LogP contribution < -0.4 is 20.7 Å². The summed E-state index contributed by atoms with van der Waals surface area (Å²) in [5.74, 6) is 0.964. The number of rotatable bonds is 4. The Bertz CT molecular complexity index is 820. The van der Waals surface area contributed by atoms with Crippen LogP contribution in [0.25, 0.3) is 0 Å². The van der Waals surface area contributed by atoms with Gasteiger partial charge in [-0.1, -0.05) is 30.3 Å². The van der Waals surface area contributed by atoms with E-state index in [1.807, 2.05) is 0 Å². The highest BCUT2D eigenvalue weighted by atomic mass is 16.5. The van der Waals surface area contributed by atoms with Gasteiger partial charge in [-0.25, -0.2) is 0 Å². The molecule has 0 saturated carbocycles. The normalized spacial score (nSPS) is 27.8. The number of nitrogens with one attached hydrogen (secondary N) is 1. The molecule has 5 heteroatoms. The summed E-state index contributed by atoms with van der Waals surface area (Å²) in [5, 5.41) is 3.42. The Morgan fingerprint density at radius 3 is 2.68 bits per heavy atom. The van der Waals surface area contributed by atoms with Crippen molar-refractivity contribution in [3.8, 4) is 5.75 Å². The molecule has 0 radical (unpaired) electrons. The number of hydrogen-bond donors (Lipinski definition) is 2. The van der Waals surface area contributed by atoms with Crippen LogP contribution in [0.5, 0.6) is 5.75 Å². The number of nitrogens with two attached hydrogens (primary N) is 1. The van der Waals surface area contributed by atoms with Gasteiger partial charge in [-0.3, -0.25) is 4.90 Å². The third-order valence-corrected chi connectivity index (χ3v) is 6.43. The lowest BCUT2D eigenvalue weighted by atomic mass is 10.1. The third kappa shape index (κ3) is 3.50. The second-order valence-corrected chi connectivity index (χ2v) is 8.29. The van der Waals surface area contributed by atoms with E-state index >= 15 is 0 Å². The van der Waals surface area contributed by atoms with E-state index in [0.717, 1.165) is 57.9 Å². The van der Waals surface area contributed by atoms with E-state index in [1.54, 1.807) is 0 Å². The maximum atomic E-state index is 6.67. The van der Waals surface area contributed by atoms with Crippen LogP contribution in [0.15, 0.2) is 48.5 Å². The fourth-order valence-electron chi connectivity index (χ4n) is 4.94. The first-order valence-electron chi connectivity index (χ1n) is 10.6. The lowest BCUT2D eigenvalue weighted by molar-refractivity contribution is 0.0933. The Labute approximate surface area is 167 Å². The quantitative estimate of drug-likeness (QED) is 0.854. The van der Waals surface area contributed by atoms with E-state index in [4.69, 9.17) is 10.5 Å². The molecule has 148 valence electrons. The third-order valence-electron chi connectivity index (χ3n) is 6.43. The predicted molar refractivity (Wildman–Crippen MR) is 113 cm³/mol. The van der Waals surface area contributed by atoms with Crippen LogP contribution in [0.1, 0.15) is 23.7 Å². The molecule has 2 aromatic carbocycles. The van der Waals surface area contributed by atoms with Gasteiger partial charge in [-0.15, -0.1) is 0 Å². The molecule has 1 aliphatic carbocycles. The molecule has 0 amide bonds. The highest BCUT2D eigenvalue weighted by Crippen LogP contribution is 2.39. The molecule has 3 atom stereocenters. The highest BCUT2D eigenvalue weighted by Gasteiger charge is 2.40. The van der Waals surface area contributed by atoms with Crippen molar-refractivity contribution in [2.75, 3.05) is 44.2 Å². The van der Waals surface area contributed by atoms with Gasteiger partial charge in [0, 0.05) is 57.1 Å². The topological polar surface area (TPSA) is 53.8 Å². The van der Waals surface area contributed by atoms with Crippen LogP contribution >= 0.6 is 0 Å². The summed E-state index contributed by atoms with van der Waals surface area (Å²) in [6, 6.07) is 18.0. The van der Waals surface area contributed by atoms with Crippen LogP contribution in [-0.2, 0) is 6.42 Å². The summed E-state index contributed by atoms with van der Waals surface area (Å²) in [4.78, 5) is 4.97. The summed E-state index contributed by atoms with van der Waals surface area (Å²) >= 11 is 0. The van der Waals surface area contributed by atoms with Crippen molar-refractivity contribution in [3.63, 3.8) is 0 Å². The molecule has 2 fully saturated rings. The van der Waals surface area contributed by atoms with Gasteiger partial charge in [0.05, 0.1) is 6.04 Å². The number of ether oxygens (including phenoxy) is 1. The number of fused-ring (bicyclic) bond motifs is 1. The predicted octanol–water partition coefficient (Wildman–Crippen LogP) is 2.17. The molecule has 2 aliphatic heterocycles. The fourth-order valence-corrected chi connectivity index (χ4v) is 4.94. The molecule has 3 N–H and O–H groups in total. The monoisotopic (exact) mass is 378 g/mol. The summed E-state index contributed by atoms with van der Waals surface area (Å²) < 4.78 is 6.67. The van der Waals surface area contributed by atoms with Crippen molar-refractivity contribution in [3.05, 3.63) is 59.7 Å². The van der Waals surface area contributed by atoms with Crippen LogP contribution in [0, 0.1) is 0 Å². The molecule has 0 bridgehead atoms. The number of nitrogens with zero attached hydrogens (tertiary/aromatic N) is 2. The van der Waals surface area contributed by atoms with E-state index in [9.17, 15) is 0 Å². The largest absolute Gasteiger partial charge is 0.484 e. The number of piperazine rings is 1. The first-order chi connectivity index (χ1) is 13.8. The number of hydrogen-bond acceptors (Lipinski definition) is 5. The minimum Gasteiger partial charge on any atom is -0.484 e. The lowest BCUT2D eigenvalue weighted by Crippen LogP contribution is -2.43. The van der Waals surface area contributed by atoms with Crippen LogP contribution in [0.3, 0.4) is 0 Å². The number of anilines is 1. The van der Waals surface area contributed by atoms with Crippen molar-refractivity contribution in [1.82, 2.24) is 10.2 Å². The van der Waals surface area contributed by atoms with Gasteiger partial charge in [0.2, 0.25) is 0 Å². The van der Waals surface area contributed by atoms with Crippen LogP contribution in [0.4, 0.5) is 5.69 Å². The van der Waals surface area contributed by atoms with Crippen molar-refractivity contribution in [1.29, 1.82) is 0 Å². The Hall–Kier alpha value is -2.08. The van der Waals surface area contributed by atoms with Gasteiger partial charge >= 0.3 is 0 Å². The number of benzene rings is 2. The fraction of sp³-hybridized carbons (Fsp3) is 0.478. The highest BCUT2D eigenvalue weighted by molar-refractivity contribution is 5.51. The van der Waals surface area contributed by atoms with Crippen LogP contribution in [0.2, 0.25) is 0 Å². The van der Waals surface area contributed by atoms with Crippen molar-refractivity contribution < 1.29 is 4.74 Å². The second kappa shape index (κ2) is 7.74. The number of likely N-dealkylation sites (tertiary alicyclic amines) is 1. The molecule has 0 spiro atoms. The van der Waals surface area contributed by atoms with Gasteiger partial charge in [-0.05, 0) is 36.1 Å². The van der Waals surface area contributed by atoms with Gasteiger partial charge in [0.15, 0.2) is 0 Å². The Morgan fingerprint density at radius 2 is 1.86 bits per heavy atom. The van der Waals surface area contributed by atoms with E-state index in [0.29, 0.717) is 12.1 Å². The molecule has 2 heterocycles. The average Bonchev–Trinajstić information content (AvgIpc) is 3.33. The van der Waals surface area contributed by atoms with Crippen LogP contribution in [-0.4, -0.2) is 56.3 Å². The minimum atomic E-state index is 0.0692. The zero-order valence-corrected chi connectivity index (χ0v) is 16.4. The Morgan fingerprint density at radius 1 is 1.00 bits per heavy atom. The van der Waals surface area contributed by atoms with E-state index < -0.39 is 0 Å². The molecular formula is C23H30N4O. The Kier molecular flexibility index (Phi) is 4.97. The van der Waals surface area contributed by atoms with Gasteiger partial charge in [0.1, 0.15) is 11.9 Å². The smallest absolute Gasteiger partial charge is 0.140 e. The molecular weight excluding hydrogens is 348 g/mol. The minimum absolute atomic E-state index is 0.0692. The zero-order valence-electron chi connectivity index (χ0n) is 16.4. The maximum Gasteiger partial charge on any atom is 0.140 e.